The van der Waals surface area contributed by atoms with E-state index in [0.29, 0.717) is 17.7 Å². The monoisotopic (exact) mass is 236 g/mol. The van der Waals surface area contributed by atoms with Crippen molar-refractivity contribution in [3.63, 3.8) is 0 Å². The standard InChI is InChI=1S/C12H12O5/c1-15-8-4-3-7-5-10(17-12(14)16-2)11(13)9(7)6-8/h3-4,6,10H,5H2,1-2H3. The van der Waals surface area contributed by atoms with Crippen LogP contribution in [-0.4, -0.2) is 32.3 Å². The first kappa shape index (κ1) is 11.4. The van der Waals surface area contributed by atoms with E-state index in [0.717, 1.165) is 5.56 Å². The van der Waals surface area contributed by atoms with Crippen molar-refractivity contribution in [1.29, 1.82) is 0 Å². The molecule has 1 aromatic carbocycles. The SMILES string of the molecule is COC(=O)OC1Cc2ccc(OC)cc2C1=O. The van der Waals surface area contributed by atoms with Crippen molar-refractivity contribution in [2.75, 3.05) is 14.2 Å². The Kier molecular flexibility index (Phi) is 2.99. The summed E-state index contributed by atoms with van der Waals surface area (Å²) in [4.78, 5) is 22.9. The smallest absolute Gasteiger partial charge is 0.497 e. The molecule has 0 aliphatic heterocycles. The van der Waals surface area contributed by atoms with E-state index in [1.54, 1.807) is 18.2 Å². The Morgan fingerprint density at radius 1 is 1.35 bits per heavy atom. The van der Waals surface area contributed by atoms with Crippen LogP contribution in [0.25, 0.3) is 0 Å². The molecule has 0 saturated heterocycles. The minimum Gasteiger partial charge on any atom is -0.497 e. The molecule has 0 amide bonds. The second kappa shape index (κ2) is 4.45. The van der Waals surface area contributed by atoms with Crippen LogP contribution in [0.2, 0.25) is 0 Å². The van der Waals surface area contributed by atoms with E-state index >= 15 is 0 Å². The second-order valence-corrected chi connectivity index (χ2v) is 3.65. The molecule has 0 bridgehead atoms. The average Bonchev–Trinajstić information content (AvgIpc) is 2.66. The molecular weight excluding hydrogens is 224 g/mol. The number of Topliss-reactive ketones (excluding diaryl/α,β-unsaturated/α-hetero) is 1. The summed E-state index contributed by atoms with van der Waals surface area (Å²) in [5, 5.41) is 0. The Balaban J connectivity index is 2.21. The van der Waals surface area contributed by atoms with Crippen molar-refractivity contribution in [3.05, 3.63) is 29.3 Å². The summed E-state index contributed by atoms with van der Waals surface area (Å²) >= 11 is 0. The van der Waals surface area contributed by atoms with Crippen LogP contribution in [0.3, 0.4) is 0 Å². The lowest BCUT2D eigenvalue weighted by Crippen LogP contribution is -2.23. The van der Waals surface area contributed by atoms with E-state index in [1.807, 2.05) is 0 Å². The highest BCUT2D eigenvalue weighted by Crippen LogP contribution is 2.28. The van der Waals surface area contributed by atoms with E-state index in [-0.39, 0.29) is 5.78 Å². The van der Waals surface area contributed by atoms with Crippen LogP contribution in [0.4, 0.5) is 4.79 Å². The first-order chi connectivity index (χ1) is 8.15. The predicted molar refractivity (Wildman–Crippen MR) is 58.3 cm³/mol. The molecule has 1 aromatic rings. The number of hydrogen-bond donors (Lipinski definition) is 0. The lowest BCUT2D eigenvalue weighted by Gasteiger charge is -2.07. The minimum atomic E-state index is -0.844. The molecule has 90 valence electrons. The summed E-state index contributed by atoms with van der Waals surface area (Å²) in [7, 11) is 2.74. The molecule has 0 N–H and O–H groups in total. The number of rotatable bonds is 2. The van der Waals surface area contributed by atoms with Gasteiger partial charge in [0.2, 0.25) is 5.78 Å². The van der Waals surface area contributed by atoms with Crippen molar-refractivity contribution in [2.45, 2.75) is 12.5 Å². The van der Waals surface area contributed by atoms with Crippen molar-refractivity contribution < 1.29 is 23.8 Å². The fourth-order valence-electron chi connectivity index (χ4n) is 1.82. The molecule has 1 unspecified atom stereocenters. The molecule has 0 heterocycles. The van der Waals surface area contributed by atoms with Crippen molar-refractivity contribution >= 4 is 11.9 Å². The highest BCUT2D eigenvalue weighted by molar-refractivity contribution is 6.04. The molecule has 0 radical (unpaired) electrons. The molecule has 0 saturated carbocycles. The fourth-order valence-corrected chi connectivity index (χ4v) is 1.82. The van der Waals surface area contributed by atoms with Gasteiger partial charge in [0.1, 0.15) is 5.75 Å². The number of benzene rings is 1. The number of carbonyl (C=O) groups excluding carboxylic acids is 2. The minimum absolute atomic E-state index is 0.218. The van der Waals surface area contributed by atoms with Crippen LogP contribution in [-0.2, 0) is 15.9 Å². The third kappa shape index (κ3) is 2.08. The maximum atomic E-state index is 11.9. The van der Waals surface area contributed by atoms with Crippen LogP contribution in [0.15, 0.2) is 18.2 Å². The summed E-state index contributed by atoms with van der Waals surface area (Å²) in [6, 6.07) is 5.22. The van der Waals surface area contributed by atoms with Gasteiger partial charge in [0.25, 0.3) is 0 Å². The lowest BCUT2D eigenvalue weighted by atomic mass is 10.1. The van der Waals surface area contributed by atoms with Gasteiger partial charge in [-0.2, -0.15) is 0 Å². The van der Waals surface area contributed by atoms with Gasteiger partial charge in [-0.15, -0.1) is 0 Å². The zero-order chi connectivity index (χ0) is 12.4. The first-order valence-corrected chi connectivity index (χ1v) is 5.11. The molecule has 1 atom stereocenters. The molecular formula is C12H12O5. The Labute approximate surface area is 98.3 Å². The van der Waals surface area contributed by atoms with E-state index in [2.05, 4.69) is 4.74 Å². The Hall–Kier alpha value is -2.04. The fraction of sp³-hybridized carbons (Fsp3) is 0.333. The van der Waals surface area contributed by atoms with Crippen LogP contribution >= 0.6 is 0 Å². The Bertz CT molecular complexity index is 466. The third-order valence-corrected chi connectivity index (χ3v) is 2.69. The van der Waals surface area contributed by atoms with E-state index in [9.17, 15) is 9.59 Å². The summed E-state index contributed by atoms with van der Waals surface area (Å²) in [6.07, 6.45) is -1.25. The highest BCUT2D eigenvalue weighted by atomic mass is 16.7. The van der Waals surface area contributed by atoms with E-state index in [1.165, 1.54) is 14.2 Å². The Morgan fingerprint density at radius 2 is 2.12 bits per heavy atom. The van der Waals surface area contributed by atoms with Gasteiger partial charge in [-0.05, 0) is 17.7 Å². The first-order valence-electron chi connectivity index (χ1n) is 5.11. The Morgan fingerprint density at radius 3 is 2.76 bits per heavy atom. The van der Waals surface area contributed by atoms with Gasteiger partial charge in [-0.25, -0.2) is 4.79 Å². The van der Waals surface area contributed by atoms with Crippen LogP contribution in [0, 0.1) is 0 Å². The molecule has 2 rings (SSSR count). The maximum Gasteiger partial charge on any atom is 0.508 e. The number of ether oxygens (including phenoxy) is 3. The number of ketones is 1. The average molecular weight is 236 g/mol. The lowest BCUT2D eigenvalue weighted by molar-refractivity contribution is 0.0359. The number of carbonyl (C=O) groups is 2. The van der Waals surface area contributed by atoms with Gasteiger partial charge >= 0.3 is 6.16 Å². The predicted octanol–water partition coefficient (Wildman–Crippen LogP) is 1.59. The third-order valence-electron chi connectivity index (χ3n) is 2.69. The van der Waals surface area contributed by atoms with Crippen molar-refractivity contribution in [2.24, 2.45) is 0 Å². The molecule has 0 fully saturated rings. The maximum absolute atomic E-state index is 11.9. The molecule has 1 aliphatic rings. The topological polar surface area (TPSA) is 61.8 Å². The highest BCUT2D eigenvalue weighted by Gasteiger charge is 2.34. The van der Waals surface area contributed by atoms with E-state index in [4.69, 9.17) is 9.47 Å². The zero-order valence-corrected chi connectivity index (χ0v) is 9.56. The molecule has 5 nitrogen and oxygen atoms in total. The van der Waals surface area contributed by atoms with Crippen LogP contribution in [0.5, 0.6) is 5.75 Å². The summed E-state index contributed by atoms with van der Waals surface area (Å²) < 4.78 is 14.3. The van der Waals surface area contributed by atoms with Gasteiger partial charge in [-0.3, -0.25) is 4.79 Å². The van der Waals surface area contributed by atoms with Crippen molar-refractivity contribution in [1.82, 2.24) is 0 Å². The number of methoxy groups -OCH3 is 2. The molecule has 0 aromatic heterocycles. The van der Waals surface area contributed by atoms with Gasteiger partial charge < -0.3 is 14.2 Å². The summed E-state index contributed by atoms with van der Waals surface area (Å²) in [5.74, 6) is 0.389. The molecule has 17 heavy (non-hydrogen) atoms. The largest absolute Gasteiger partial charge is 0.508 e. The molecule has 5 heteroatoms. The van der Waals surface area contributed by atoms with Gasteiger partial charge in [0.15, 0.2) is 6.10 Å². The van der Waals surface area contributed by atoms with Crippen molar-refractivity contribution in [3.8, 4) is 5.75 Å². The second-order valence-electron chi connectivity index (χ2n) is 3.65. The number of hydrogen-bond acceptors (Lipinski definition) is 5. The van der Waals surface area contributed by atoms with Crippen LogP contribution in [0.1, 0.15) is 15.9 Å². The molecule has 0 spiro atoms. The normalized spacial score (nSPS) is 17.5. The van der Waals surface area contributed by atoms with Gasteiger partial charge in [-0.1, -0.05) is 6.07 Å². The van der Waals surface area contributed by atoms with Gasteiger partial charge in [0, 0.05) is 12.0 Å². The zero-order valence-electron chi connectivity index (χ0n) is 9.56. The van der Waals surface area contributed by atoms with Gasteiger partial charge in [0.05, 0.1) is 14.2 Å². The number of fused-ring (bicyclic) bond motifs is 1. The van der Waals surface area contributed by atoms with Crippen LogP contribution < -0.4 is 4.74 Å². The molecule has 1 aliphatic carbocycles. The van der Waals surface area contributed by atoms with E-state index < -0.39 is 12.3 Å². The quantitative estimate of drug-likeness (QED) is 0.729. The summed E-state index contributed by atoms with van der Waals surface area (Å²) in [5.41, 5.74) is 1.39. The summed E-state index contributed by atoms with van der Waals surface area (Å²) in [6.45, 7) is 0.